The molecule has 3 aromatic heterocycles. The minimum Gasteiger partial charge on any atom is -0.403 e. The predicted octanol–water partition coefficient (Wildman–Crippen LogP) is 2.15. The number of piperidine rings is 1. The molecule has 10 nitrogen and oxygen atoms in total. The van der Waals surface area contributed by atoms with E-state index in [0.29, 0.717) is 41.2 Å². The van der Waals surface area contributed by atoms with Gasteiger partial charge in [0, 0.05) is 37.9 Å². The zero-order valence-corrected chi connectivity index (χ0v) is 16.7. The molecule has 1 unspecified atom stereocenters. The van der Waals surface area contributed by atoms with Crippen LogP contribution in [0.3, 0.4) is 0 Å². The van der Waals surface area contributed by atoms with E-state index in [1.54, 1.807) is 12.4 Å². The first-order valence-electron chi connectivity index (χ1n) is 10.4. The number of hydrogen-bond acceptors (Lipinski definition) is 9. The number of aromatic nitrogens is 7. The molecule has 1 saturated heterocycles. The molecule has 4 heterocycles. The number of anilines is 2. The van der Waals surface area contributed by atoms with Crippen molar-refractivity contribution in [3.8, 4) is 11.5 Å². The molecular weight excluding hydrogens is 394 g/mol. The molecule has 0 amide bonds. The molecular formula is C21H21N9O. The third kappa shape index (κ3) is 3.49. The number of H-pyrrole nitrogens is 1. The normalized spacial score (nSPS) is 21.8. The molecule has 4 aromatic rings. The Morgan fingerprint density at radius 2 is 1.84 bits per heavy atom. The predicted molar refractivity (Wildman–Crippen MR) is 112 cm³/mol. The van der Waals surface area contributed by atoms with Crippen molar-refractivity contribution in [2.45, 2.75) is 12.3 Å². The maximum Gasteiger partial charge on any atom is 0.318 e. The lowest BCUT2D eigenvalue weighted by atomic mass is 10.1. The highest BCUT2D eigenvalue weighted by atomic mass is 16.4. The topological polar surface area (TPSA) is 122 Å². The Balaban J connectivity index is 1.05. The van der Waals surface area contributed by atoms with Gasteiger partial charge in [-0.3, -0.25) is 0 Å². The molecule has 156 valence electrons. The lowest BCUT2D eigenvalue weighted by molar-refractivity contribution is 0.543. The van der Waals surface area contributed by atoms with Crippen molar-refractivity contribution in [2.24, 2.45) is 11.8 Å². The third-order valence-corrected chi connectivity index (χ3v) is 6.09. The van der Waals surface area contributed by atoms with Gasteiger partial charge in [-0.05, 0) is 23.8 Å². The Hall–Kier alpha value is -3.82. The second-order valence-electron chi connectivity index (χ2n) is 8.00. The molecule has 2 aliphatic rings. The van der Waals surface area contributed by atoms with Crippen LogP contribution in [0.4, 0.5) is 12.0 Å². The van der Waals surface area contributed by atoms with Gasteiger partial charge in [-0.1, -0.05) is 35.4 Å². The molecule has 3 atom stereocenters. The van der Waals surface area contributed by atoms with E-state index in [2.05, 4.69) is 57.9 Å². The number of rotatable bonds is 7. The van der Waals surface area contributed by atoms with Crippen LogP contribution in [-0.4, -0.2) is 55.2 Å². The summed E-state index contributed by atoms with van der Waals surface area (Å²) in [6.45, 7) is 2.55. The Kier molecular flexibility index (Phi) is 4.33. The Morgan fingerprint density at radius 1 is 1.03 bits per heavy atom. The van der Waals surface area contributed by atoms with Crippen molar-refractivity contribution in [1.82, 2.24) is 35.6 Å². The summed E-state index contributed by atoms with van der Waals surface area (Å²) in [6, 6.07) is 10.9. The molecule has 2 N–H and O–H groups in total. The molecule has 1 saturated carbocycles. The highest BCUT2D eigenvalue weighted by Crippen LogP contribution is 2.58. The van der Waals surface area contributed by atoms with E-state index in [9.17, 15) is 0 Å². The first-order valence-corrected chi connectivity index (χ1v) is 10.4. The summed E-state index contributed by atoms with van der Waals surface area (Å²) in [5.41, 5.74) is 3.03. The minimum absolute atomic E-state index is 0.430. The highest BCUT2D eigenvalue weighted by molar-refractivity contribution is 5.52. The average molecular weight is 415 g/mol. The smallest absolute Gasteiger partial charge is 0.318 e. The van der Waals surface area contributed by atoms with Crippen LogP contribution in [0.2, 0.25) is 0 Å². The first kappa shape index (κ1) is 18.0. The second-order valence-corrected chi connectivity index (χ2v) is 8.00. The number of aromatic amines is 1. The quantitative estimate of drug-likeness (QED) is 0.467. The van der Waals surface area contributed by atoms with Gasteiger partial charge in [0.25, 0.3) is 5.89 Å². The fourth-order valence-electron chi connectivity index (χ4n) is 4.45. The molecule has 1 aliphatic carbocycles. The van der Waals surface area contributed by atoms with Gasteiger partial charge in [0.15, 0.2) is 0 Å². The molecule has 2 fully saturated rings. The highest BCUT2D eigenvalue weighted by Gasteiger charge is 2.58. The van der Waals surface area contributed by atoms with Gasteiger partial charge in [-0.15, -0.1) is 5.10 Å². The Bertz CT molecular complexity index is 1130. The summed E-state index contributed by atoms with van der Waals surface area (Å²) < 4.78 is 5.90. The van der Waals surface area contributed by atoms with E-state index in [1.807, 2.05) is 24.4 Å². The van der Waals surface area contributed by atoms with Crippen molar-refractivity contribution in [1.29, 1.82) is 0 Å². The van der Waals surface area contributed by atoms with Crippen LogP contribution in [-0.2, 0) is 6.42 Å². The van der Waals surface area contributed by atoms with Gasteiger partial charge >= 0.3 is 6.01 Å². The number of nitrogens with zero attached hydrogens (tertiary/aromatic N) is 7. The number of hydrogen-bond donors (Lipinski definition) is 2. The largest absolute Gasteiger partial charge is 0.403 e. The van der Waals surface area contributed by atoms with E-state index in [0.717, 1.165) is 31.7 Å². The third-order valence-electron chi connectivity index (χ3n) is 6.09. The van der Waals surface area contributed by atoms with Crippen molar-refractivity contribution in [2.75, 3.05) is 29.9 Å². The van der Waals surface area contributed by atoms with E-state index in [1.165, 1.54) is 5.56 Å². The number of fused-ring (bicyclic) bond motifs is 1. The van der Waals surface area contributed by atoms with Crippen LogP contribution in [0, 0.1) is 11.8 Å². The lowest BCUT2D eigenvalue weighted by Crippen LogP contribution is -2.23. The SMILES string of the molecule is c1ccc(CCNc2ncc(-c3nnc(N4C[C@@H]5C(c6cn[nH]n6)[C@@H]5C4)o3)cn2)cc1. The number of benzene rings is 1. The Labute approximate surface area is 178 Å². The van der Waals surface area contributed by atoms with E-state index in [4.69, 9.17) is 4.42 Å². The first-order chi connectivity index (χ1) is 15.3. The summed E-state index contributed by atoms with van der Waals surface area (Å²) in [6.07, 6.45) is 6.14. The average Bonchev–Trinajstić information content (AvgIpc) is 3.34. The van der Waals surface area contributed by atoms with Crippen molar-refractivity contribution in [3.63, 3.8) is 0 Å². The van der Waals surface area contributed by atoms with E-state index >= 15 is 0 Å². The molecule has 31 heavy (non-hydrogen) atoms. The number of nitrogens with one attached hydrogen (secondary N) is 2. The van der Waals surface area contributed by atoms with Gasteiger partial charge in [-0.2, -0.15) is 15.4 Å². The van der Waals surface area contributed by atoms with Crippen LogP contribution < -0.4 is 10.2 Å². The van der Waals surface area contributed by atoms with Gasteiger partial charge in [0.2, 0.25) is 5.95 Å². The molecule has 6 rings (SSSR count). The standard InChI is InChI=1S/C21H21N9O/c1-2-4-13(5-3-1)6-7-22-20-23-8-14(9-24-20)19-27-28-21(31-19)30-11-15-16(12-30)18(15)17-10-25-29-26-17/h1-5,8-10,15-16,18H,6-7,11-12H2,(H,22,23,24)(H,25,26,29)/t15-,16+,18?. The maximum atomic E-state index is 5.90. The molecule has 1 aliphatic heterocycles. The van der Waals surface area contributed by atoms with Crippen LogP contribution >= 0.6 is 0 Å². The molecule has 10 heteroatoms. The van der Waals surface area contributed by atoms with Crippen molar-refractivity contribution in [3.05, 3.63) is 60.2 Å². The summed E-state index contributed by atoms with van der Waals surface area (Å²) in [5.74, 6) is 2.65. The van der Waals surface area contributed by atoms with Crippen LogP contribution in [0.1, 0.15) is 17.2 Å². The van der Waals surface area contributed by atoms with Crippen molar-refractivity contribution >= 4 is 12.0 Å². The summed E-state index contributed by atoms with van der Waals surface area (Å²) in [5, 5.41) is 22.5. The van der Waals surface area contributed by atoms with Crippen LogP contribution in [0.25, 0.3) is 11.5 Å². The molecule has 0 spiro atoms. The monoisotopic (exact) mass is 415 g/mol. The minimum atomic E-state index is 0.430. The Morgan fingerprint density at radius 3 is 2.58 bits per heavy atom. The maximum absolute atomic E-state index is 5.90. The zero-order chi connectivity index (χ0) is 20.6. The van der Waals surface area contributed by atoms with Crippen LogP contribution in [0.5, 0.6) is 0 Å². The fraction of sp³-hybridized carbons (Fsp3) is 0.333. The van der Waals surface area contributed by atoms with Gasteiger partial charge < -0.3 is 14.6 Å². The summed E-state index contributed by atoms with van der Waals surface area (Å²) >= 11 is 0. The van der Waals surface area contributed by atoms with E-state index in [-0.39, 0.29) is 0 Å². The van der Waals surface area contributed by atoms with Gasteiger partial charge in [-0.25, -0.2) is 9.97 Å². The molecule has 0 bridgehead atoms. The molecule has 1 aromatic carbocycles. The van der Waals surface area contributed by atoms with Crippen molar-refractivity contribution < 1.29 is 4.42 Å². The fourth-order valence-corrected chi connectivity index (χ4v) is 4.45. The lowest BCUT2D eigenvalue weighted by Gasteiger charge is -2.15. The molecule has 0 radical (unpaired) electrons. The second kappa shape index (κ2) is 7.46. The summed E-state index contributed by atoms with van der Waals surface area (Å²) in [4.78, 5) is 10.9. The van der Waals surface area contributed by atoms with Gasteiger partial charge in [0.05, 0.1) is 17.5 Å². The van der Waals surface area contributed by atoms with Gasteiger partial charge in [0.1, 0.15) is 0 Å². The summed E-state index contributed by atoms with van der Waals surface area (Å²) in [7, 11) is 0. The zero-order valence-electron chi connectivity index (χ0n) is 16.7. The van der Waals surface area contributed by atoms with E-state index < -0.39 is 0 Å². The van der Waals surface area contributed by atoms with Crippen LogP contribution in [0.15, 0.2) is 53.3 Å².